The molecule has 0 spiro atoms. The van der Waals surface area contributed by atoms with Crippen molar-refractivity contribution in [3.63, 3.8) is 0 Å². The summed E-state index contributed by atoms with van der Waals surface area (Å²) in [7, 11) is -3.78. The molecule has 0 saturated heterocycles. The minimum absolute atomic E-state index is 0.101. The van der Waals surface area contributed by atoms with Crippen LogP contribution in [0.15, 0.2) is 5.16 Å². The first-order chi connectivity index (χ1) is 9.02. The van der Waals surface area contributed by atoms with Crippen molar-refractivity contribution < 1.29 is 8.42 Å². The van der Waals surface area contributed by atoms with Gasteiger partial charge in [0.25, 0.3) is 15.2 Å². The molecule has 2 rings (SSSR count). The summed E-state index contributed by atoms with van der Waals surface area (Å²) < 4.78 is 24.6. The zero-order chi connectivity index (χ0) is 13.9. The quantitative estimate of drug-likeness (QED) is 0.857. The van der Waals surface area contributed by atoms with Crippen LogP contribution in [0.2, 0.25) is 0 Å². The molecule has 2 N–H and O–H groups in total. The standard InChI is InChI=1S/C12H22N4O2S/c1-2-9-16-11(8-7-10-5-3-4-6-10)14-15-12(16)19(13,17)18/h10H,2-9H2,1H3,(H2,13,17,18). The van der Waals surface area contributed by atoms with Gasteiger partial charge in [0.2, 0.25) is 0 Å². The van der Waals surface area contributed by atoms with Gasteiger partial charge in [-0.1, -0.05) is 32.6 Å². The van der Waals surface area contributed by atoms with Crippen LogP contribution in [0.5, 0.6) is 0 Å². The van der Waals surface area contributed by atoms with Gasteiger partial charge < -0.3 is 4.57 Å². The van der Waals surface area contributed by atoms with E-state index in [1.165, 1.54) is 25.7 Å². The van der Waals surface area contributed by atoms with Gasteiger partial charge in [0, 0.05) is 13.0 Å². The molecule has 108 valence electrons. The van der Waals surface area contributed by atoms with Gasteiger partial charge in [0.15, 0.2) is 0 Å². The van der Waals surface area contributed by atoms with Crippen LogP contribution in [0.3, 0.4) is 0 Å². The number of hydrogen-bond donors (Lipinski definition) is 1. The lowest BCUT2D eigenvalue weighted by Gasteiger charge is -2.10. The number of hydrogen-bond acceptors (Lipinski definition) is 4. The smallest absolute Gasteiger partial charge is 0.273 e. The van der Waals surface area contributed by atoms with Crippen molar-refractivity contribution in [2.75, 3.05) is 0 Å². The summed E-state index contributed by atoms with van der Waals surface area (Å²) >= 11 is 0. The van der Waals surface area contributed by atoms with E-state index < -0.39 is 10.0 Å². The molecule has 0 amide bonds. The molecule has 19 heavy (non-hydrogen) atoms. The van der Waals surface area contributed by atoms with Crippen LogP contribution in [0, 0.1) is 5.92 Å². The molecule has 1 aliphatic carbocycles. The van der Waals surface area contributed by atoms with Crippen molar-refractivity contribution in [1.82, 2.24) is 14.8 Å². The molecule has 1 heterocycles. The number of aryl methyl sites for hydroxylation is 1. The molecule has 0 bridgehead atoms. The highest BCUT2D eigenvalue weighted by Gasteiger charge is 2.22. The molecular weight excluding hydrogens is 264 g/mol. The van der Waals surface area contributed by atoms with Gasteiger partial charge in [0.1, 0.15) is 5.82 Å². The van der Waals surface area contributed by atoms with Crippen LogP contribution in [-0.4, -0.2) is 23.2 Å². The molecule has 1 fully saturated rings. The van der Waals surface area contributed by atoms with Crippen LogP contribution in [0.4, 0.5) is 0 Å². The van der Waals surface area contributed by atoms with E-state index in [9.17, 15) is 8.42 Å². The Kier molecular flexibility index (Phi) is 4.57. The molecule has 1 aromatic heterocycles. The van der Waals surface area contributed by atoms with Gasteiger partial charge >= 0.3 is 0 Å². The minimum atomic E-state index is -3.78. The largest absolute Gasteiger partial charge is 0.301 e. The predicted molar refractivity (Wildman–Crippen MR) is 72.0 cm³/mol. The highest BCUT2D eigenvalue weighted by Crippen LogP contribution is 2.28. The Bertz CT molecular complexity index is 518. The van der Waals surface area contributed by atoms with Crippen LogP contribution < -0.4 is 5.14 Å². The SMILES string of the molecule is CCCn1c(CCC2CCCC2)nnc1S(N)(=O)=O. The Morgan fingerprint density at radius 3 is 2.58 bits per heavy atom. The first-order valence-corrected chi connectivity index (χ1v) is 8.52. The number of rotatable bonds is 6. The lowest BCUT2D eigenvalue weighted by atomic mass is 10.0. The second-order valence-corrected chi connectivity index (χ2v) is 6.74. The maximum atomic E-state index is 11.5. The number of aromatic nitrogens is 3. The first-order valence-electron chi connectivity index (χ1n) is 6.97. The summed E-state index contributed by atoms with van der Waals surface area (Å²) in [5.41, 5.74) is 0. The highest BCUT2D eigenvalue weighted by atomic mass is 32.2. The van der Waals surface area contributed by atoms with Crippen molar-refractivity contribution in [2.45, 2.75) is 63.6 Å². The molecule has 0 aliphatic heterocycles. The van der Waals surface area contributed by atoms with Crippen molar-refractivity contribution in [3.8, 4) is 0 Å². The third-order valence-corrected chi connectivity index (χ3v) is 4.56. The summed E-state index contributed by atoms with van der Waals surface area (Å²) in [5.74, 6) is 1.50. The summed E-state index contributed by atoms with van der Waals surface area (Å²) in [6, 6.07) is 0. The topological polar surface area (TPSA) is 90.9 Å². The van der Waals surface area contributed by atoms with Gasteiger partial charge in [-0.2, -0.15) is 0 Å². The summed E-state index contributed by atoms with van der Waals surface area (Å²) in [5, 5.41) is 12.8. The van der Waals surface area contributed by atoms with Crippen molar-refractivity contribution in [3.05, 3.63) is 5.82 Å². The van der Waals surface area contributed by atoms with Gasteiger partial charge in [-0.3, -0.25) is 0 Å². The Labute approximate surface area is 114 Å². The third kappa shape index (κ3) is 3.54. The van der Waals surface area contributed by atoms with Gasteiger partial charge in [-0.25, -0.2) is 13.6 Å². The van der Waals surface area contributed by atoms with Gasteiger partial charge in [-0.05, 0) is 18.8 Å². The average Bonchev–Trinajstić information content (AvgIpc) is 2.94. The van der Waals surface area contributed by atoms with E-state index in [1.54, 1.807) is 4.57 Å². The highest BCUT2D eigenvalue weighted by molar-refractivity contribution is 7.89. The maximum absolute atomic E-state index is 11.5. The van der Waals surface area contributed by atoms with E-state index >= 15 is 0 Å². The molecule has 0 aromatic carbocycles. The normalized spacial score (nSPS) is 17.2. The molecule has 1 saturated carbocycles. The zero-order valence-electron chi connectivity index (χ0n) is 11.4. The maximum Gasteiger partial charge on any atom is 0.273 e. The third-order valence-electron chi connectivity index (χ3n) is 3.75. The fourth-order valence-corrected chi connectivity index (χ4v) is 3.45. The molecular formula is C12H22N4O2S. The van der Waals surface area contributed by atoms with Crippen LogP contribution in [0.25, 0.3) is 0 Å². The van der Waals surface area contributed by atoms with E-state index in [0.29, 0.717) is 6.54 Å². The number of primary sulfonamides is 1. The van der Waals surface area contributed by atoms with Crippen molar-refractivity contribution in [2.24, 2.45) is 11.1 Å². The summed E-state index contributed by atoms with van der Waals surface area (Å²) in [6.07, 6.45) is 7.87. The van der Waals surface area contributed by atoms with E-state index in [-0.39, 0.29) is 5.16 Å². The Morgan fingerprint density at radius 1 is 1.32 bits per heavy atom. The fraction of sp³-hybridized carbons (Fsp3) is 0.833. The molecule has 6 nitrogen and oxygen atoms in total. The van der Waals surface area contributed by atoms with Crippen molar-refractivity contribution >= 4 is 10.0 Å². The Balaban J connectivity index is 2.13. The molecule has 1 aromatic rings. The summed E-state index contributed by atoms with van der Waals surface area (Å²) in [4.78, 5) is 0. The lowest BCUT2D eigenvalue weighted by molar-refractivity contribution is 0.480. The van der Waals surface area contributed by atoms with Crippen molar-refractivity contribution in [1.29, 1.82) is 0 Å². The monoisotopic (exact) mass is 286 g/mol. The molecule has 0 radical (unpaired) electrons. The van der Waals surface area contributed by atoms with Crippen LogP contribution in [-0.2, 0) is 23.0 Å². The number of sulfonamides is 1. The predicted octanol–water partition coefficient (Wildman–Crippen LogP) is 1.46. The fourth-order valence-electron chi connectivity index (χ4n) is 2.79. The van der Waals surface area contributed by atoms with E-state index in [0.717, 1.165) is 31.0 Å². The second-order valence-electron chi connectivity index (χ2n) is 5.28. The first kappa shape index (κ1) is 14.5. The van der Waals surface area contributed by atoms with Gasteiger partial charge in [0.05, 0.1) is 0 Å². The van der Waals surface area contributed by atoms with Gasteiger partial charge in [-0.15, -0.1) is 10.2 Å². The van der Waals surface area contributed by atoms with E-state index in [1.807, 2.05) is 6.92 Å². The molecule has 0 atom stereocenters. The van der Waals surface area contributed by atoms with Crippen LogP contribution in [0.1, 0.15) is 51.3 Å². The average molecular weight is 286 g/mol. The van der Waals surface area contributed by atoms with E-state index in [2.05, 4.69) is 10.2 Å². The molecule has 7 heteroatoms. The number of nitrogens with two attached hydrogens (primary N) is 1. The Hall–Kier alpha value is -0.950. The Morgan fingerprint density at radius 2 is 2.00 bits per heavy atom. The lowest BCUT2D eigenvalue weighted by Crippen LogP contribution is -2.19. The minimum Gasteiger partial charge on any atom is -0.301 e. The second kappa shape index (κ2) is 6.00. The molecule has 0 unspecified atom stereocenters. The number of nitrogens with zero attached hydrogens (tertiary/aromatic N) is 3. The molecule has 1 aliphatic rings. The van der Waals surface area contributed by atoms with E-state index in [4.69, 9.17) is 5.14 Å². The summed E-state index contributed by atoms with van der Waals surface area (Å²) in [6.45, 7) is 2.59. The zero-order valence-corrected chi connectivity index (χ0v) is 12.2. The van der Waals surface area contributed by atoms with Crippen LogP contribution >= 0.6 is 0 Å².